The SMILES string of the molecule is CCCCCCCCCC/C=C\CCCCCCCCCCCCCCCCCCCCCCCC(=O)OC(COC(=O)CCCCCCCCCCCC)COP(=O)(O)OCC[N+](C)(C)C. The van der Waals surface area contributed by atoms with Crippen LogP contribution in [0.3, 0.4) is 0 Å². The normalized spacial score (nSPS) is 13.3. The van der Waals surface area contributed by atoms with Crippen molar-refractivity contribution in [2.75, 3.05) is 47.5 Å². The van der Waals surface area contributed by atoms with E-state index < -0.39 is 26.5 Å². The highest BCUT2D eigenvalue weighted by Crippen LogP contribution is 2.43. The molecule has 0 amide bonds. The molecule has 0 bridgehead atoms. The number of esters is 2. The van der Waals surface area contributed by atoms with Crippen LogP contribution in [0.5, 0.6) is 0 Å². The van der Waals surface area contributed by atoms with E-state index in [1.54, 1.807) is 0 Å². The molecule has 0 aliphatic rings. The Morgan fingerprint density at radius 2 is 0.761 bits per heavy atom. The van der Waals surface area contributed by atoms with Gasteiger partial charge in [0.25, 0.3) is 0 Å². The molecule has 0 aromatic rings. The second-order valence-electron chi connectivity index (χ2n) is 21.0. The minimum Gasteiger partial charge on any atom is -0.462 e. The molecule has 0 spiro atoms. The molecule has 0 heterocycles. The lowest BCUT2D eigenvalue weighted by Crippen LogP contribution is -2.37. The number of ether oxygens (including phenoxy) is 2. The molecule has 0 saturated heterocycles. The van der Waals surface area contributed by atoms with Gasteiger partial charge in [0.05, 0.1) is 27.7 Å². The van der Waals surface area contributed by atoms with Gasteiger partial charge in [0.15, 0.2) is 6.10 Å². The number of hydrogen-bond acceptors (Lipinski definition) is 7. The summed E-state index contributed by atoms with van der Waals surface area (Å²) in [5, 5.41) is 0. The maximum Gasteiger partial charge on any atom is 0.472 e. The summed E-state index contributed by atoms with van der Waals surface area (Å²) in [7, 11) is 1.49. The van der Waals surface area contributed by atoms with E-state index in [1.165, 1.54) is 225 Å². The Morgan fingerprint density at radius 1 is 0.448 bits per heavy atom. The fraction of sp³-hybridized carbons (Fsp3) is 0.930. The molecule has 0 saturated carbocycles. The fourth-order valence-corrected chi connectivity index (χ4v) is 9.28. The van der Waals surface area contributed by atoms with Crippen molar-refractivity contribution in [1.82, 2.24) is 0 Å². The van der Waals surface area contributed by atoms with Gasteiger partial charge in [-0.2, -0.15) is 0 Å². The van der Waals surface area contributed by atoms with Crippen LogP contribution in [0, 0.1) is 0 Å². The van der Waals surface area contributed by atoms with E-state index in [2.05, 4.69) is 26.0 Å². The van der Waals surface area contributed by atoms with Gasteiger partial charge in [-0.3, -0.25) is 18.6 Å². The zero-order chi connectivity index (χ0) is 49.2. The molecule has 9 nitrogen and oxygen atoms in total. The number of carbonyl (C=O) groups is 2. The Balaban J connectivity index is 3.91. The Hall–Kier alpha value is -1.25. The average molecular weight is 972 g/mol. The monoisotopic (exact) mass is 971 g/mol. The summed E-state index contributed by atoms with van der Waals surface area (Å²) in [4.78, 5) is 35.5. The fourth-order valence-electron chi connectivity index (χ4n) is 8.54. The van der Waals surface area contributed by atoms with Gasteiger partial charge < -0.3 is 18.9 Å². The lowest BCUT2D eigenvalue weighted by molar-refractivity contribution is -0.870. The summed E-state index contributed by atoms with van der Waals surface area (Å²) in [5.41, 5.74) is 0. The van der Waals surface area contributed by atoms with Crippen LogP contribution in [-0.4, -0.2) is 74.9 Å². The van der Waals surface area contributed by atoms with Crippen LogP contribution in [0.1, 0.15) is 290 Å². The van der Waals surface area contributed by atoms with E-state index in [4.69, 9.17) is 18.5 Å². The highest BCUT2D eigenvalue weighted by Gasteiger charge is 2.27. The summed E-state index contributed by atoms with van der Waals surface area (Å²) in [6, 6.07) is 0. The molecule has 0 aliphatic heterocycles. The number of phosphoric ester groups is 1. The number of nitrogens with zero attached hydrogens (tertiary/aromatic N) is 1. The number of allylic oxidation sites excluding steroid dienone is 2. The minimum absolute atomic E-state index is 0.0361. The quantitative estimate of drug-likeness (QED) is 0.0211. The van der Waals surface area contributed by atoms with Crippen molar-refractivity contribution in [3.63, 3.8) is 0 Å². The summed E-state index contributed by atoms with van der Waals surface area (Å²) < 4.78 is 34.4. The highest BCUT2D eigenvalue weighted by molar-refractivity contribution is 7.47. The van der Waals surface area contributed by atoms with Crippen molar-refractivity contribution in [3.8, 4) is 0 Å². The predicted octanol–water partition coefficient (Wildman–Crippen LogP) is 17.7. The molecule has 0 rings (SSSR count). The van der Waals surface area contributed by atoms with Gasteiger partial charge in [-0.05, 0) is 38.5 Å². The number of unbranched alkanes of at least 4 members (excludes halogenated alkanes) is 38. The summed E-state index contributed by atoms with van der Waals surface area (Å²) in [6.45, 7) is 4.46. The third kappa shape index (κ3) is 53.9. The number of hydrogen-bond donors (Lipinski definition) is 1. The molecule has 398 valence electrons. The van der Waals surface area contributed by atoms with E-state index in [0.717, 1.165) is 38.5 Å². The Bertz CT molecular complexity index is 1140. The zero-order valence-corrected chi connectivity index (χ0v) is 46.1. The van der Waals surface area contributed by atoms with E-state index in [9.17, 15) is 19.0 Å². The second-order valence-corrected chi connectivity index (χ2v) is 22.5. The largest absolute Gasteiger partial charge is 0.472 e. The lowest BCUT2D eigenvalue weighted by Gasteiger charge is -2.24. The molecule has 0 aromatic carbocycles. The van der Waals surface area contributed by atoms with Crippen molar-refractivity contribution in [2.45, 2.75) is 296 Å². The topological polar surface area (TPSA) is 108 Å². The van der Waals surface area contributed by atoms with Gasteiger partial charge in [-0.1, -0.05) is 251 Å². The van der Waals surface area contributed by atoms with Crippen molar-refractivity contribution in [1.29, 1.82) is 0 Å². The van der Waals surface area contributed by atoms with E-state index in [-0.39, 0.29) is 25.6 Å². The van der Waals surface area contributed by atoms with Crippen LogP contribution < -0.4 is 0 Å². The van der Waals surface area contributed by atoms with Crippen molar-refractivity contribution >= 4 is 19.8 Å². The highest BCUT2D eigenvalue weighted by atomic mass is 31.2. The van der Waals surface area contributed by atoms with Crippen LogP contribution in [0.25, 0.3) is 0 Å². The molecule has 10 heteroatoms. The zero-order valence-electron chi connectivity index (χ0n) is 45.2. The van der Waals surface area contributed by atoms with E-state index in [0.29, 0.717) is 17.4 Å². The molecular weight excluding hydrogens is 858 g/mol. The van der Waals surface area contributed by atoms with Gasteiger partial charge in [-0.15, -0.1) is 0 Å². The van der Waals surface area contributed by atoms with Crippen molar-refractivity contribution < 1.29 is 42.1 Å². The maximum atomic E-state index is 12.8. The lowest BCUT2D eigenvalue weighted by atomic mass is 10.0. The molecule has 2 atom stereocenters. The van der Waals surface area contributed by atoms with Crippen molar-refractivity contribution in [3.05, 3.63) is 12.2 Å². The van der Waals surface area contributed by atoms with Crippen LogP contribution in [0.2, 0.25) is 0 Å². The Labute approximate surface area is 416 Å². The number of likely N-dealkylation sites (N-methyl/N-ethyl adjacent to an activating group) is 1. The summed E-state index contributed by atoms with van der Waals surface area (Å²) in [6.07, 6.45) is 57.4. The Morgan fingerprint density at radius 3 is 1.10 bits per heavy atom. The van der Waals surface area contributed by atoms with Crippen LogP contribution in [0.15, 0.2) is 12.2 Å². The first-order valence-corrected chi connectivity index (χ1v) is 30.4. The van der Waals surface area contributed by atoms with Crippen LogP contribution >= 0.6 is 7.82 Å². The summed E-state index contributed by atoms with van der Waals surface area (Å²) in [5.74, 6) is -0.783. The first kappa shape index (κ1) is 65.8. The maximum absolute atomic E-state index is 12.8. The van der Waals surface area contributed by atoms with Gasteiger partial charge >= 0.3 is 19.8 Å². The molecule has 0 aliphatic carbocycles. The molecule has 0 aromatic heterocycles. The van der Waals surface area contributed by atoms with Gasteiger partial charge in [0.1, 0.15) is 19.8 Å². The molecule has 0 radical (unpaired) electrons. The number of quaternary nitrogens is 1. The third-order valence-corrected chi connectivity index (χ3v) is 14.0. The Kier molecular flexibility index (Phi) is 48.8. The number of rotatable bonds is 54. The smallest absolute Gasteiger partial charge is 0.462 e. The predicted molar refractivity (Wildman–Crippen MR) is 284 cm³/mol. The molecule has 67 heavy (non-hydrogen) atoms. The minimum atomic E-state index is -4.37. The van der Waals surface area contributed by atoms with E-state index >= 15 is 0 Å². The first-order valence-electron chi connectivity index (χ1n) is 28.9. The van der Waals surface area contributed by atoms with E-state index in [1.807, 2.05) is 21.1 Å². The van der Waals surface area contributed by atoms with Gasteiger partial charge in [-0.25, -0.2) is 4.57 Å². The molecule has 0 fully saturated rings. The standard InChI is InChI=1S/C57H112NO8P/c1-6-8-10-12-14-16-18-19-20-21-22-23-24-25-26-27-28-29-30-31-32-33-34-35-36-37-38-39-40-42-44-46-48-50-57(60)66-55(54-65-67(61,62)64-52-51-58(3,4)5)53-63-56(59)49-47-45-43-41-17-15-13-11-9-7-2/h21-22,55H,6-20,23-54H2,1-5H3/p+1/b22-21-. The average Bonchev–Trinajstić information content (AvgIpc) is 3.29. The number of phosphoric acid groups is 1. The molecular formula is C57H113NO8P+. The van der Waals surface area contributed by atoms with Crippen LogP contribution in [-0.2, 0) is 32.7 Å². The summed E-state index contributed by atoms with van der Waals surface area (Å²) >= 11 is 0. The molecule has 2 unspecified atom stereocenters. The first-order chi connectivity index (χ1) is 32.5. The second kappa shape index (κ2) is 49.7. The van der Waals surface area contributed by atoms with Crippen LogP contribution in [0.4, 0.5) is 0 Å². The van der Waals surface area contributed by atoms with Gasteiger partial charge in [0, 0.05) is 12.8 Å². The number of carbonyl (C=O) groups excluding carboxylic acids is 2. The third-order valence-electron chi connectivity index (χ3n) is 13.0. The molecule has 1 N–H and O–H groups in total. The van der Waals surface area contributed by atoms with Crippen molar-refractivity contribution in [2.24, 2.45) is 0 Å². The van der Waals surface area contributed by atoms with Gasteiger partial charge in [0.2, 0.25) is 0 Å².